The summed E-state index contributed by atoms with van der Waals surface area (Å²) in [6.45, 7) is 4.59. The van der Waals surface area contributed by atoms with Gasteiger partial charge in [-0.25, -0.2) is 4.98 Å². The Morgan fingerprint density at radius 2 is 1.85 bits per heavy atom. The molecule has 2 fully saturated rings. The van der Waals surface area contributed by atoms with E-state index < -0.39 is 0 Å². The lowest BCUT2D eigenvalue weighted by molar-refractivity contribution is 0.114. The van der Waals surface area contributed by atoms with E-state index in [0.717, 1.165) is 5.88 Å². The first-order chi connectivity index (χ1) is 9.81. The van der Waals surface area contributed by atoms with Crippen molar-refractivity contribution in [3.05, 3.63) is 18.3 Å². The molecule has 0 amide bonds. The molecule has 0 aromatic carbocycles. The third kappa shape index (κ3) is 2.63. The van der Waals surface area contributed by atoms with Crippen LogP contribution in [-0.2, 0) is 0 Å². The van der Waals surface area contributed by atoms with E-state index in [9.17, 15) is 0 Å². The smallest absolute Gasteiger partial charge is 0.215 e. The molecular formula is C17H26N2O. The monoisotopic (exact) mass is 274 g/mol. The molecule has 2 aliphatic rings. The van der Waals surface area contributed by atoms with Crippen molar-refractivity contribution in [1.82, 2.24) is 4.98 Å². The summed E-state index contributed by atoms with van der Waals surface area (Å²) in [7, 11) is 0. The molecule has 3 nitrogen and oxygen atoms in total. The first-order valence-corrected chi connectivity index (χ1v) is 8.22. The first-order valence-electron chi connectivity index (χ1n) is 8.22. The van der Waals surface area contributed by atoms with Crippen LogP contribution < -0.4 is 9.64 Å². The normalized spacial score (nSPS) is 26.6. The van der Waals surface area contributed by atoms with Crippen LogP contribution in [0.4, 0.5) is 5.69 Å². The second kappa shape index (κ2) is 6.02. The highest BCUT2D eigenvalue weighted by Gasteiger charge is 2.31. The summed E-state index contributed by atoms with van der Waals surface area (Å²) in [6, 6.07) is 5.65. The fourth-order valence-electron chi connectivity index (χ4n) is 3.47. The van der Waals surface area contributed by atoms with Crippen molar-refractivity contribution in [1.29, 1.82) is 0 Å². The summed E-state index contributed by atoms with van der Waals surface area (Å²) in [6.07, 6.45) is 11.0. The lowest BCUT2D eigenvalue weighted by Gasteiger charge is -2.32. The summed E-state index contributed by atoms with van der Waals surface area (Å²) in [5.41, 5.74) is 1.30. The molecule has 3 rings (SSSR count). The second-order valence-electron chi connectivity index (χ2n) is 6.13. The lowest BCUT2D eigenvalue weighted by Crippen LogP contribution is -2.35. The fourth-order valence-corrected chi connectivity index (χ4v) is 3.47. The number of hydrogen-bond donors (Lipinski definition) is 0. The van der Waals surface area contributed by atoms with Crippen LogP contribution in [0.2, 0.25) is 0 Å². The van der Waals surface area contributed by atoms with Crippen LogP contribution >= 0.6 is 0 Å². The maximum Gasteiger partial charge on any atom is 0.215 e. The van der Waals surface area contributed by atoms with E-state index in [0.29, 0.717) is 18.2 Å². The standard InChI is InChI=1S/C17H26N2O/c1-3-13-8-9-14(4-2)19(13)15-10-11-18-17(12-15)20-16-6-5-7-16/h10-14,16H,3-9H2,1-2H3. The van der Waals surface area contributed by atoms with Gasteiger partial charge in [0.05, 0.1) is 0 Å². The van der Waals surface area contributed by atoms with Crippen LogP contribution in [-0.4, -0.2) is 23.2 Å². The Morgan fingerprint density at radius 1 is 1.15 bits per heavy atom. The van der Waals surface area contributed by atoms with Gasteiger partial charge in [-0.1, -0.05) is 13.8 Å². The number of nitrogens with zero attached hydrogens (tertiary/aromatic N) is 2. The Hall–Kier alpha value is -1.25. The zero-order valence-electron chi connectivity index (χ0n) is 12.7. The van der Waals surface area contributed by atoms with Crippen LogP contribution in [0.25, 0.3) is 0 Å². The van der Waals surface area contributed by atoms with Gasteiger partial charge in [0.15, 0.2) is 0 Å². The highest BCUT2D eigenvalue weighted by molar-refractivity contribution is 5.51. The number of anilines is 1. The van der Waals surface area contributed by atoms with Gasteiger partial charge in [-0.15, -0.1) is 0 Å². The Kier molecular flexibility index (Phi) is 4.13. The van der Waals surface area contributed by atoms with E-state index in [-0.39, 0.29) is 0 Å². The molecule has 1 saturated carbocycles. The molecule has 1 saturated heterocycles. The Labute approximate surface area is 122 Å². The average molecular weight is 274 g/mol. The number of rotatable bonds is 5. The molecule has 0 radical (unpaired) electrons. The zero-order valence-corrected chi connectivity index (χ0v) is 12.7. The van der Waals surface area contributed by atoms with E-state index in [1.807, 2.05) is 6.20 Å². The van der Waals surface area contributed by atoms with Gasteiger partial charge in [0.2, 0.25) is 5.88 Å². The molecule has 1 aliphatic heterocycles. The third-order valence-corrected chi connectivity index (χ3v) is 4.92. The van der Waals surface area contributed by atoms with Crippen LogP contribution in [0.5, 0.6) is 5.88 Å². The van der Waals surface area contributed by atoms with Gasteiger partial charge in [-0.2, -0.15) is 0 Å². The van der Waals surface area contributed by atoms with E-state index in [4.69, 9.17) is 4.74 Å². The van der Waals surface area contributed by atoms with Gasteiger partial charge in [-0.05, 0) is 51.0 Å². The highest BCUT2D eigenvalue weighted by atomic mass is 16.5. The SMILES string of the molecule is CCC1CCC(CC)N1c1ccnc(OC2CCC2)c1. The molecule has 2 atom stereocenters. The van der Waals surface area contributed by atoms with Crippen LogP contribution in [0.1, 0.15) is 58.8 Å². The summed E-state index contributed by atoms with van der Waals surface area (Å²) in [4.78, 5) is 6.99. The van der Waals surface area contributed by atoms with Crippen LogP contribution in [0, 0.1) is 0 Å². The van der Waals surface area contributed by atoms with Gasteiger partial charge >= 0.3 is 0 Å². The van der Waals surface area contributed by atoms with Gasteiger partial charge in [0, 0.05) is 30.0 Å². The number of hydrogen-bond acceptors (Lipinski definition) is 3. The minimum absolute atomic E-state index is 0.403. The first kappa shape index (κ1) is 13.7. The predicted molar refractivity (Wildman–Crippen MR) is 82.4 cm³/mol. The predicted octanol–water partition coefficient (Wildman–Crippen LogP) is 4.17. The van der Waals surface area contributed by atoms with Crippen molar-refractivity contribution in [2.45, 2.75) is 77.0 Å². The number of pyridine rings is 1. The third-order valence-electron chi connectivity index (χ3n) is 4.92. The molecule has 0 bridgehead atoms. The average Bonchev–Trinajstić information content (AvgIpc) is 2.86. The Morgan fingerprint density at radius 3 is 2.40 bits per heavy atom. The molecule has 1 aromatic heterocycles. The van der Waals surface area contributed by atoms with Gasteiger partial charge in [0.1, 0.15) is 6.10 Å². The molecule has 110 valence electrons. The summed E-state index contributed by atoms with van der Waals surface area (Å²) in [5, 5.41) is 0. The Bertz CT molecular complexity index is 432. The van der Waals surface area contributed by atoms with Crippen molar-refractivity contribution in [3.63, 3.8) is 0 Å². The van der Waals surface area contributed by atoms with Crippen molar-refractivity contribution in [2.24, 2.45) is 0 Å². The quantitative estimate of drug-likeness (QED) is 0.805. The molecule has 2 heterocycles. The second-order valence-corrected chi connectivity index (χ2v) is 6.13. The molecule has 2 unspecified atom stereocenters. The zero-order chi connectivity index (χ0) is 13.9. The molecule has 1 aliphatic carbocycles. The van der Waals surface area contributed by atoms with Crippen molar-refractivity contribution < 1.29 is 4.74 Å². The minimum Gasteiger partial charge on any atom is -0.474 e. The van der Waals surface area contributed by atoms with Crippen LogP contribution in [0.15, 0.2) is 18.3 Å². The largest absolute Gasteiger partial charge is 0.474 e. The van der Waals surface area contributed by atoms with Gasteiger partial charge in [0.25, 0.3) is 0 Å². The summed E-state index contributed by atoms with van der Waals surface area (Å²) < 4.78 is 5.95. The van der Waals surface area contributed by atoms with Crippen molar-refractivity contribution in [2.75, 3.05) is 4.90 Å². The fraction of sp³-hybridized carbons (Fsp3) is 0.706. The summed E-state index contributed by atoms with van der Waals surface area (Å²) >= 11 is 0. The highest BCUT2D eigenvalue weighted by Crippen LogP contribution is 2.35. The van der Waals surface area contributed by atoms with Crippen molar-refractivity contribution >= 4 is 5.69 Å². The summed E-state index contributed by atoms with van der Waals surface area (Å²) in [5.74, 6) is 0.809. The topological polar surface area (TPSA) is 25.4 Å². The number of ether oxygens (including phenoxy) is 1. The molecule has 1 aromatic rings. The molecule has 0 spiro atoms. The maximum absolute atomic E-state index is 5.95. The van der Waals surface area contributed by atoms with Crippen molar-refractivity contribution in [3.8, 4) is 5.88 Å². The maximum atomic E-state index is 5.95. The van der Waals surface area contributed by atoms with E-state index in [2.05, 4.69) is 35.9 Å². The van der Waals surface area contributed by atoms with E-state index in [1.54, 1.807) is 0 Å². The van der Waals surface area contributed by atoms with Gasteiger partial charge in [-0.3, -0.25) is 0 Å². The van der Waals surface area contributed by atoms with Gasteiger partial charge < -0.3 is 9.64 Å². The van der Waals surface area contributed by atoms with E-state index >= 15 is 0 Å². The number of aromatic nitrogens is 1. The molecule has 0 N–H and O–H groups in total. The van der Waals surface area contributed by atoms with Crippen LogP contribution in [0.3, 0.4) is 0 Å². The lowest BCUT2D eigenvalue weighted by atomic mass is 9.96. The molecule has 20 heavy (non-hydrogen) atoms. The minimum atomic E-state index is 0.403. The Balaban J connectivity index is 1.78. The molecular weight excluding hydrogens is 248 g/mol. The molecule has 3 heteroatoms. The van der Waals surface area contributed by atoms with E-state index in [1.165, 1.54) is 50.6 Å².